The highest BCUT2D eigenvalue weighted by atomic mass is 35.5. The molecule has 0 bridgehead atoms. The lowest BCUT2D eigenvalue weighted by Gasteiger charge is -2.37. The van der Waals surface area contributed by atoms with E-state index in [0.717, 1.165) is 0 Å². The fourth-order valence-corrected chi connectivity index (χ4v) is 4.66. The summed E-state index contributed by atoms with van der Waals surface area (Å²) in [6.45, 7) is 1.81. The highest BCUT2D eigenvalue weighted by Crippen LogP contribution is 2.37. The van der Waals surface area contributed by atoms with Gasteiger partial charge in [-0.15, -0.1) is 0 Å². The Morgan fingerprint density at radius 3 is 2.70 bits per heavy atom. The Morgan fingerprint density at radius 1 is 1.22 bits per heavy atom. The molecule has 1 aliphatic rings. The van der Waals surface area contributed by atoms with E-state index in [2.05, 4.69) is 15.3 Å². The molecule has 0 radical (unpaired) electrons. The maximum absolute atomic E-state index is 13.7. The minimum atomic E-state index is -0.539. The normalized spacial score (nSPS) is 17.4. The second-order valence-corrected chi connectivity index (χ2v) is 9.17. The predicted octanol–water partition coefficient (Wildman–Crippen LogP) is 4.03. The van der Waals surface area contributed by atoms with Crippen LogP contribution in [0.5, 0.6) is 0 Å². The third kappa shape index (κ3) is 4.57. The van der Waals surface area contributed by atoms with Gasteiger partial charge in [-0.25, -0.2) is 19.7 Å². The van der Waals surface area contributed by atoms with E-state index in [4.69, 9.17) is 27.1 Å². The van der Waals surface area contributed by atoms with Crippen LogP contribution in [0.15, 0.2) is 59.7 Å². The third-order valence-corrected chi connectivity index (χ3v) is 6.67. The van der Waals surface area contributed by atoms with Gasteiger partial charge < -0.3 is 15.8 Å². The van der Waals surface area contributed by atoms with Crippen LogP contribution < -0.4 is 16.6 Å². The van der Waals surface area contributed by atoms with Crippen LogP contribution in [0.2, 0.25) is 5.02 Å². The predicted molar refractivity (Wildman–Crippen MR) is 138 cm³/mol. The van der Waals surface area contributed by atoms with Crippen molar-refractivity contribution in [2.45, 2.75) is 38.0 Å². The van der Waals surface area contributed by atoms with Gasteiger partial charge in [0.25, 0.3) is 5.56 Å². The minimum absolute atomic E-state index is 0.0462. The largest absolute Gasteiger partial charge is 0.459 e. The number of nitrogens with two attached hydrogens (primary N) is 1. The quantitative estimate of drug-likeness (QED) is 0.363. The average molecular weight is 516 g/mol. The molecule has 0 saturated heterocycles. The van der Waals surface area contributed by atoms with E-state index in [1.807, 2.05) is 12.1 Å². The van der Waals surface area contributed by atoms with Crippen LogP contribution in [0, 0.1) is 11.3 Å². The van der Waals surface area contributed by atoms with Gasteiger partial charge in [0.2, 0.25) is 0 Å². The first-order valence-corrected chi connectivity index (χ1v) is 12.0. The number of fused-ring (bicyclic) bond motifs is 1. The first-order valence-electron chi connectivity index (χ1n) is 11.6. The highest BCUT2D eigenvalue weighted by molar-refractivity contribution is 6.35. The third-order valence-electron chi connectivity index (χ3n) is 6.35. The van der Waals surface area contributed by atoms with E-state index in [1.54, 1.807) is 54.0 Å². The zero-order valence-electron chi connectivity index (χ0n) is 19.8. The van der Waals surface area contributed by atoms with Crippen molar-refractivity contribution in [2.24, 2.45) is 0 Å². The molecule has 1 saturated carbocycles. The van der Waals surface area contributed by atoms with Gasteiger partial charge in [0, 0.05) is 18.9 Å². The van der Waals surface area contributed by atoms with Crippen LogP contribution in [-0.2, 0) is 4.74 Å². The molecule has 10 nitrogen and oxygen atoms in total. The lowest BCUT2D eigenvalue weighted by atomic mass is 9.88. The maximum atomic E-state index is 13.7. The minimum Gasteiger partial charge on any atom is -0.459 e. The molecule has 4 aromatic rings. The molecule has 0 spiro atoms. The first kappa shape index (κ1) is 24.2. The Morgan fingerprint density at radius 2 is 1.97 bits per heavy atom. The monoisotopic (exact) mass is 515 g/mol. The summed E-state index contributed by atoms with van der Waals surface area (Å²) in [6.07, 6.45) is 1.80. The number of aromatic nitrogens is 4. The number of benzene rings is 2. The van der Waals surface area contributed by atoms with Gasteiger partial charge >= 0.3 is 5.97 Å². The van der Waals surface area contributed by atoms with Crippen molar-refractivity contribution >= 4 is 40.1 Å². The van der Waals surface area contributed by atoms with Crippen LogP contribution in [0.3, 0.4) is 0 Å². The highest BCUT2D eigenvalue weighted by Gasteiger charge is 2.37. The summed E-state index contributed by atoms with van der Waals surface area (Å²) in [5.74, 6) is 0.304. The smallest absolute Gasteiger partial charge is 0.338 e. The number of ether oxygens (including phenoxy) is 1. The number of carbonyl (C=O) groups is 1. The fraction of sp³-hybridized carbons (Fsp3) is 0.231. The number of nitrogens with one attached hydrogen (secondary N) is 1. The molecule has 0 amide bonds. The number of hydrogen-bond donors (Lipinski definition) is 2. The SMILES string of the molecule is C[C@H](Nc1ncnc(N)c1C#N)c1nc2cccc(Cl)c2c(=O)n1C1CC(OC(=O)c2ccccc2)C1. The van der Waals surface area contributed by atoms with Gasteiger partial charge in [-0.1, -0.05) is 35.9 Å². The van der Waals surface area contributed by atoms with E-state index in [0.29, 0.717) is 40.2 Å². The summed E-state index contributed by atoms with van der Waals surface area (Å²) in [4.78, 5) is 38.9. The van der Waals surface area contributed by atoms with Crippen LogP contribution in [0.4, 0.5) is 11.6 Å². The molecule has 2 aromatic heterocycles. The van der Waals surface area contributed by atoms with E-state index >= 15 is 0 Å². The van der Waals surface area contributed by atoms with E-state index in [-0.39, 0.29) is 34.9 Å². The fourth-order valence-electron chi connectivity index (χ4n) is 4.40. The van der Waals surface area contributed by atoms with Gasteiger partial charge in [0.1, 0.15) is 41.5 Å². The number of nitrogens with zero attached hydrogens (tertiary/aromatic N) is 5. The molecule has 37 heavy (non-hydrogen) atoms. The second kappa shape index (κ2) is 9.87. The number of nitrogen functional groups attached to an aromatic ring is 1. The molecule has 1 fully saturated rings. The van der Waals surface area contributed by atoms with Gasteiger partial charge in [-0.2, -0.15) is 5.26 Å². The number of rotatable bonds is 6. The van der Waals surface area contributed by atoms with E-state index in [9.17, 15) is 14.9 Å². The van der Waals surface area contributed by atoms with Crippen molar-refractivity contribution < 1.29 is 9.53 Å². The Labute approximate surface area is 216 Å². The van der Waals surface area contributed by atoms with Crippen LogP contribution in [-0.4, -0.2) is 31.6 Å². The molecule has 0 unspecified atom stereocenters. The topological polar surface area (TPSA) is 149 Å². The zero-order valence-corrected chi connectivity index (χ0v) is 20.5. The van der Waals surface area contributed by atoms with Crippen molar-refractivity contribution in [3.63, 3.8) is 0 Å². The lowest BCUT2D eigenvalue weighted by Crippen LogP contribution is -2.42. The Kier molecular flexibility index (Phi) is 6.46. The van der Waals surface area contributed by atoms with Gasteiger partial charge in [-0.05, 0) is 31.2 Å². The molecule has 0 aliphatic heterocycles. The molecule has 2 aromatic carbocycles. The summed E-state index contributed by atoms with van der Waals surface area (Å²) < 4.78 is 7.22. The molecule has 1 atom stereocenters. The number of anilines is 2. The number of halogens is 1. The molecule has 2 heterocycles. The van der Waals surface area contributed by atoms with E-state index in [1.165, 1.54) is 6.33 Å². The van der Waals surface area contributed by atoms with Crippen molar-refractivity contribution in [3.8, 4) is 6.07 Å². The molecule has 186 valence electrons. The summed E-state index contributed by atoms with van der Waals surface area (Å²) in [7, 11) is 0. The summed E-state index contributed by atoms with van der Waals surface area (Å²) in [5, 5.41) is 13.3. The summed E-state index contributed by atoms with van der Waals surface area (Å²) in [5.41, 5.74) is 6.56. The van der Waals surface area contributed by atoms with Gasteiger partial charge in [0.05, 0.1) is 27.5 Å². The molecular formula is C26H22ClN7O3. The van der Waals surface area contributed by atoms with Crippen molar-refractivity contribution in [3.05, 3.63) is 87.2 Å². The zero-order chi connectivity index (χ0) is 26.1. The van der Waals surface area contributed by atoms with Crippen molar-refractivity contribution in [2.75, 3.05) is 11.1 Å². The van der Waals surface area contributed by atoms with Gasteiger partial charge in [-0.3, -0.25) is 9.36 Å². The van der Waals surface area contributed by atoms with Gasteiger partial charge in [0.15, 0.2) is 0 Å². The molecule has 1 aliphatic carbocycles. The van der Waals surface area contributed by atoms with Crippen molar-refractivity contribution in [1.29, 1.82) is 5.26 Å². The second-order valence-electron chi connectivity index (χ2n) is 8.76. The number of carbonyl (C=O) groups excluding carboxylic acids is 1. The Balaban J connectivity index is 1.47. The maximum Gasteiger partial charge on any atom is 0.338 e. The molecule has 3 N–H and O–H groups in total. The van der Waals surface area contributed by atoms with Crippen molar-refractivity contribution in [1.82, 2.24) is 19.5 Å². The number of esters is 1. The Bertz CT molecular complexity index is 1590. The van der Waals surface area contributed by atoms with Crippen LogP contribution in [0.1, 0.15) is 53.6 Å². The van der Waals surface area contributed by atoms with Crippen LogP contribution >= 0.6 is 11.6 Å². The van der Waals surface area contributed by atoms with Crippen LogP contribution in [0.25, 0.3) is 10.9 Å². The average Bonchev–Trinajstić information content (AvgIpc) is 2.87. The van der Waals surface area contributed by atoms with E-state index < -0.39 is 12.0 Å². The number of hydrogen-bond acceptors (Lipinski definition) is 9. The number of nitriles is 1. The Hall–Kier alpha value is -4.49. The lowest BCUT2D eigenvalue weighted by molar-refractivity contribution is -0.00915. The first-order chi connectivity index (χ1) is 17.9. The summed E-state index contributed by atoms with van der Waals surface area (Å²) in [6, 6.07) is 15.0. The standard InChI is InChI=1S/C26H22ClN7O3/c1-14(32-23-18(12-28)22(29)30-13-31-23)24-33-20-9-5-8-19(27)21(20)25(35)34(24)16-10-17(11-16)37-26(36)15-6-3-2-4-7-15/h2-9,13-14,16-17H,10-11H2,1H3,(H3,29,30,31,32)/t14-,16?,17?/m0/s1. The molecule has 5 rings (SSSR count). The molecular weight excluding hydrogens is 494 g/mol. The molecule has 11 heteroatoms. The summed E-state index contributed by atoms with van der Waals surface area (Å²) >= 11 is 6.38.